The molecule has 2 aromatic heterocycles. The van der Waals surface area contributed by atoms with Crippen molar-refractivity contribution in [1.82, 2.24) is 14.6 Å². The number of fused-ring (bicyclic) bond motifs is 1. The second-order valence-electron chi connectivity index (χ2n) is 5.84. The van der Waals surface area contributed by atoms with Crippen LogP contribution in [-0.4, -0.2) is 14.6 Å². The van der Waals surface area contributed by atoms with Gasteiger partial charge in [0.1, 0.15) is 0 Å². The molecule has 0 spiro atoms. The predicted octanol–water partition coefficient (Wildman–Crippen LogP) is 2.98. The molecule has 0 aliphatic heterocycles. The first-order valence-corrected chi connectivity index (χ1v) is 8.47. The largest absolute Gasteiger partial charge is 0.276 e. The molecule has 4 aromatic rings. The fourth-order valence-corrected chi connectivity index (χ4v) is 3.58. The minimum Gasteiger partial charge on any atom is -0.267 e. The molecule has 0 aliphatic carbocycles. The molecule has 0 bridgehead atoms. The van der Waals surface area contributed by atoms with Gasteiger partial charge in [-0.1, -0.05) is 71.0 Å². The van der Waals surface area contributed by atoms with E-state index in [1.807, 2.05) is 62.4 Å². The Hall–Kier alpha value is -2.79. The van der Waals surface area contributed by atoms with Gasteiger partial charge in [0.25, 0.3) is 5.56 Å². The fourth-order valence-electron chi connectivity index (χ4n) is 2.66. The maximum absolute atomic E-state index is 12.8. The fraction of sp³-hybridized carbons (Fsp3) is 0.105. The van der Waals surface area contributed by atoms with Crippen LogP contribution in [0, 0.1) is 13.8 Å². The van der Waals surface area contributed by atoms with E-state index in [1.165, 1.54) is 22.5 Å². The molecule has 4 rings (SSSR count). The van der Waals surface area contributed by atoms with Crippen LogP contribution in [0.25, 0.3) is 22.4 Å². The van der Waals surface area contributed by atoms with Gasteiger partial charge in [-0.15, -0.1) is 10.2 Å². The zero-order valence-corrected chi connectivity index (χ0v) is 14.2. The van der Waals surface area contributed by atoms with Crippen LogP contribution in [0.5, 0.6) is 0 Å². The molecular weight excluding hydrogens is 318 g/mol. The molecule has 0 unspecified atom stereocenters. The van der Waals surface area contributed by atoms with Crippen molar-refractivity contribution in [3.05, 3.63) is 80.1 Å². The molecule has 0 aliphatic rings. The van der Waals surface area contributed by atoms with E-state index in [1.54, 1.807) is 4.40 Å². The first-order valence-electron chi connectivity index (χ1n) is 7.65. The number of nitrogens with zero attached hydrogens (tertiary/aromatic N) is 3. The van der Waals surface area contributed by atoms with Crippen molar-refractivity contribution in [1.29, 1.82) is 0 Å². The van der Waals surface area contributed by atoms with Gasteiger partial charge < -0.3 is 0 Å². The first kappa shape index (κ1) is 14.8. The Morgan fingerprint density at radius 3 is 2.54 bits per heavy atom. The number of hydrogen-bond acceptors (Lipinski definition) is 4. The second kappa shape index (κ2) is 5.69. The van der Waals surface area contributed by atoms with E-state index in [0.29, 0.717) is 15.3 Å². The molecule has 0 amide bonds. The van der Waals surface area contributed by atoms with Crippen LogP contribution in [0.1, 0.15) is 16.7 Å². The summed E-state index contributed by atoms with van der Waals surface area (Å²) < 4.78 is 2.26. The van der Waals surface area contributed by atoms with Gasteiger partial charge in [-0.3, -0.25) is 4.79 Å². The van der Waals surface area contributed by atoms with Gasteiger partial charge in [-0.25, -0.2) is 4.40 Å². The summed E-state index contributed by atoms with van der Waals surface area (Å²) in [6, 6.07) is 16.0. The monoisotopic (exact) mass is 333 g/mol. The van der Waals surface area contributed by atoms with E-state index < -0.39 is 0 Å². The van der Waals surface area contributed by atoms with Crippen molar-refractivity contribution in [2.45, 2.75) is 13.8 Å². The number of rotatable bonds is 2. The van der Waals surface area contributed by atoms with Crippen LogP contribution in [0.15, 0.2) is 53.3 Å². The zero-order valence-electron chi connectivity index (χ0n) is 13.4. The first-order chi connectivity index (χ1) is 11.6. The normalized spacial score (nSPS) is 12.2. The van der Waals surface area contributed by atoms with Gasteiger partial charge in [0.05, 0.1) is 4.53 Å². The molecule has 2 aromatic carbocycles. The minimum atomic E-state index is -0.0721. The number of aryl methyl sites for hydroxylation is 2. The number of benzene rings is 2. The third-order valence-corrected chi connectivity index (χ3v) is 4.86. The lowest BCUT2D eigenvalue weighted by atomic mass is 10.1. The minimum absolute atomic E-state index is 0.0721. The molecule has 0 radical (unpaired) electrons. The highest BCUT2D eigenvalue weighted by molar-refractivity contribution is 7.15. The van der Waals surface area contributed by atoms with Crippen molar-refractivity contribution < 1.29 is 0 Å². The van der Waals surface area contributed by atoms with Crippen molar-refractivity contribution in [3.8, 4) is 11.4 Å². The zero-order chi connectivity index (χ0) is 16.7. The molecule has 24 heavy (non-hydrogen) atoms. The molecule has 5 heteroatoms. The molecule has 2 heterocycles. The summed E-state index contributed by atoms with van der Waals surface area (Å²) in [6.45, 7) is 4.07. The Morgan fingerprint density at radius 1 is 1.00 bits per heavy atom. The Bertz CT molecular complexity index is 1140. The molecule has 0 fully saturated rings. The van der Waals surface area contributed by atoms with Gasteiger partial charge >= 0.3 is 0 Å². The summed E-state index contributed by atoms with van der Waals surface area (Å²) in [5, 5.41) is 8.36. The van der Waals surface area contributed by atoms with Crippen LogP contribution in [0.3, 0.4) is 0 Å². The molecule has 4 nitrogen and oxygen atoms in total. The summed E-state index contributed by atoms with van der Waals surface area (Å²) in [7, 11) is 0. The highest BCUT2D eigenvalue weighted by atomic mass is 32.1. The van der Waals surface area contributed by atoms with Gasteiger partial charge in [-0.05, 0) is 25.5 Å². The van der Waals surface area contributed by atoms with Crippen LogP contribution in [0.2, 0.25) is 0 Å². The van der Waals surface area contributed by atoms with Crippen LogP contribution >= 0.6 is 11.3 Å². The van der Waals surface area contributed by atoms with Gasteiger partial charge in [0, 0.05) is 5.56 Å². The highest BCUT2D eigenvalue weighted by Gasteiger charge is 2.13. The molecule has 0 N–H and O–H groups in total. The number of thiazole rings is 1. The topological polar surface area (TPSA) is 47.3 Å². The van der Waals surface area contributed by atoms with Gasteiger partial charge in [0.2, 0.25) is 4.96 Å². The molecule has 0 saturated carbocycles. The predicted molar refractivity (Wildman–Crippen MR) is 97.3 cm³/mol. The summed E-state index contributed by atoms with van der Waals surface area (Å²) >= 11 is 1.36. The number of aromatic nitrogens is 3. The SMILES string of the molecule is Cc1ccc(-c2nnc3sc(=Cc4cccc(C)c4)c(=O)n23)cc1. The Balaban J connectivity index is 1.91. The standard InChI is InChI=1S/C19H15N3OS/c1-12-6-8-15(9-7-12)17-20-21-19-22(17)18(23)16(24-19)11-14-5-3-4-13(2)10-14/h3-11H,1-2H3. The lowest BCUT2D eigenvalue weighted by Gasteiger charge is -1.97. The van der Waals surface area contributed by atoms with Crippen molar-refractivity contribution in [3.63, 3.8) is 0 Å². The molecule has 0 saturated heterocycles. The van der Waals surface area contributed by atoms with Crippen LogP contribution < -0.4 is 10.1 Å². The maximum Gasteiger partial charge on any atom is 0.276 e. The molecular formula is C19H15N3OS. The third-order valence-electron chi connectivity index (χ3n) is 3.90. The Morgan fingerprint density at radius 2 is 1.79 bits per heavy atom. The number of hydrogen-bond donors (Lipinski definition) is 0. The van der Waals surface area contributed by atoms with Crippen molar-refractivity contribution in [2.75, 3.05) is 0 Å². The van der Waals surface area contributed by atoms with E-state index in [4.69, 9.17) is 0 Å². The summed E-state index contributed by atoms with van der Waals surface area (Å²) in [5.74, 6) is 0.593. The summed E-state index contributed by atoms with van der Waals surface area (Å²) in [5.41, 5.74) is 4.17. The van der Waals surface area contributed by atoms with Crippen molar-refractivity contribution in [2.24, 2.45) is 0 Å². The second-order valence-corrected chi connectivity index (χ2v) is 6.85. The Kier molecular flexibility index (Phi) is 3.50. The van der Waals surface area contributed by atoms with Crippen LogP contribution in [-0.2, 0) is 0 Å². The maximum atomic E-state index is 12.8. The van der Waals surface area contributed by atoms with E-state index in [-0.39, 0.29) is 5.56 Å². The van der Waals surface area contributed by atoms with E-state index in [2.05, 4.69) is 16.3 Å². The van der Waals surface area contributed by atoms with Gasteiger partial charge in [0.15, 0.2) is 5.82 Å². The van der Waals surface area contributed by atoms with Crippen molar-refractivity contribution >= 4 is 22.4 Å². The average molecular weight is 333 g/mol. The molecule has 0 atom stereocenters. The van der Waals surface area contributed by atoms with Crippen LogP contribution in [0.4, 0.5) is 0 Å². The third kappa shape index (κ3) is 2.53. The molecule has 118 valence electrons. The highest BCUT2D eigenvalue weighted by Crippen LogP contribution is 2.18. The summed E-state index contributed by atoms with van der Waals surface area (Å²) in [6.07, 6.45) is 1.91. The van der Waals surface area contributed by atoms with E-state index >= 15 is 0 Å². The Labute approximate surface area is 142 Å². The van der Waals surface area contributed by atoms with E-state index in [0.717, 1.165) is 11.1 Å². The smallest absolute Gasteiger partial charge is 0.267 e. The summed E-state index contributed by atoms with van der Waals surface area (Å²) in [4.78, 5) is 13.4. The quantitative estimate of drug-likeness (QED) is 0.566. The van der Waals surface area contributed by atoms with Gasteiger partial charge in [-0.2, -0.15) is 0 Å². The average Bonchev–Trinajstić information content (AvgIpc) is 3.10. The lowest BCUT2D eigenvalue weighted by molar-refractivity contribution is 1.09. The van der Waals surface area contributed by atoms with E-state index in [9.17, 15) is 4.79 Å². The lowest BCUT2D eigenvalue weighted by Crippen LogP contribution is -2.23.